The van der Waals surface area contributed by atoms with Gasteiger partial charge in [-0.05, 0) is 39.7 Å². The SMILES string of the molecule is CCO[C@@H]1C[C@@H](N(C)CC(=O)NC[C@@H]2CCOC2)C12CCCCC2. The molecular weight excluding hydrogens is 304 g/mol. The number of amides is 1. The summed E-state index contributed by atoms with van der Waals surface area (Å²) in [6.45, 7) is 5.77. The smallest absolute Gasteiger partial charge is 0.234 e. The van der Waals surface area contributed by atoms with E-state index in [0.717, 1.165) is 39.2 Å². The normalized spacial score (nSPS) is 32.0. The lowest BCUT2D eigenvalue weighted by Gasteiger charge is -2.60. The van der Waals surface area contributed by atoms with Gasteiger partial charge in [-0.25, -0.2) is 0 Å². The molecular formula is C19H34N2O3. The zero-order chi connectivity index (χ0) is 17.0. The van der Waals surface area contributed by atoms with Gasteiger partial charge in [0.1, 0.15) is 0 Å². The third kappa shape index (κ3) is 3.78. The van der Waals surface area contributed by atoms with Gasteiger partial charge in [0.05, 0.1) is 19.3 Å². The first kappa shape index (κ1) is 18.2. The van der Waals surface area contributed by atoms with Crippen LogP contribution in [0.4, 0.5) is 0 Å². The van der Waals surface area contributed by atoms with Crippen LogP contribution in [0.2, 0.25) is 0 Å². The molecule has 2 saturated carbocycles. The van der Waals surface area contributed by atoms with Crippen molar-refractivity contribution >= 4 is 5.91 Å². The molecule has 3 atom stereocenters. The van der Waals surface area contributed by atoms with Crippen molar-refractivity contribution in [2.75, 3.05) is 40.0 Å². The lowest BCUT2D eigenvalue weighted by molar-refractivity contribution is -0.179. The summed E-state index contributed by atoms with van der Waals surface area (Å²) in [6, 6.07) is 0.495. The van der Waals surface area contributed by atoms with Crippen molar-refractivity contribution in [2.24, 2.45) is 11.3 Å². The standard InChI is InChI=1S/C19H34N2O3/c1-3-24-17-11-16(19(17)8-5-4-6-9-19)21(2)13-18(22)20-12-15-7-10-23-14-15/h15-17H,3-14H2,1-2H3,(H,20,22)/t15-,16+,17+/m0/s1. The molecule has 24 heavy (non-hydrogen) atoms. The largest absolute Gasteiger partial charge is 0.381 e. The Hall–Kier alpha value is -0.650. The third-order valence-electron chi connectivity index (χ3n) is 6.43. The van der Waals surface area contributed by atoms with Crippen LogP contribution >= 0.6 is 0 Å². The summed E-state index contributed by atoms with van der Waals surface area (Å²) < 4.78 is 11.4. The minimum Gasteiger partial charge on any atom is -0.381 e. The van der Waals surface area contributed by atoms with Crippen LogP contribution in [0.3, 0.4) is 0 Å². The van der Waals surface area contributed by atoms with E-state index in [4.69, 9.17) is 9.47 Å². The fourth-order valence-electron chi connectivity index (χ4n) is 5.04. The van der Waals surface area contributed by atoms with Crippen LogP contribution in [-0.4, -0.2) is 62.9 Å². The number of hydrogen-bond donors (Lipinski definition) is 1. The molecule has 0 aromatic rings. The Morgan fingerprint density at radius 3 is 2.79 bits per heavy atom. The zero-order valence-corrected chi connectivity index (χ0v) is 15.4. The van der Waals surface area contributed by atoms with Crippen molar-refractivity contribution in [1.29, 1.82) is 0 Å². The molecule has 1 amide bonds. The highest BCUT2D eigenvalue weighted by atomic mass is 16.5. The Balaban J connectivity index is 1.49. The highest BCUT2D eigenvalue weighted by Crippen LogP contribution is 2.55. The van der Waals surface area contributed by atoms with Crippen molar-refractivity contribution in [1.82, 2.24) is 10.2 Å². The first-order valence-corrected chi connectivity index (χ1v) is 9.82. The Labute approximate surface area is 146 Å². The number of hydrogen-bond acceptors (Lipinski definition) is 4. The second-order valence-electron chi connectivity index (χ2n) is 7.94. The van der Waals surface area contributed by atoms with Crippen molar-refractivity contribution in [3.63, 3.8) is 0 Å². The van der Waals surface area contributed by atoms with Gasteiger partial charge in [0.15, 0.2) is 0 Å². The molecule has 0 unspecified atom stereocenters. The summed E-state index contributed by atoms with van der Waals surface area (Å²) >= 11 is 0. The Bertz CT molecular complexity index is 417. The predicted molar refractivity (Wildman–Crippen MR) is 93.9 cm³/mol. The van der Waals surface area contributed by atoms with Crippen LogP contribution < -0.4 is 5.32 Å². The molecule has 3 rings (SSSR count). The molecule has 5 heteroatoms. The van der Waals surface area contributed by atoms with Crippen LogP contribution in [0.25, 0.3) is 0 Å². The van der Waals surface area contributed by atoms with E-state index in [2.05, 4.69) is 24.2 Å². The molecule has 0 aromatic carbocycles. The molecule has 3 aliphatic rings. The molecule has 1 saturated heterocycles. The number of rotatable bonds is 7. The topological polar surface area (TPSA) is 50.8 Å². The van der Waals surface area contributed by atoms with Gasteiger partial charge < -0.3 is 14.8 Å². The van der Waals surface area contributed by atoms with Gasteiger partial charge in [-0.15, -0.1) is 0 Å². The van der Waals surface area contributed by atoms with E-state index < -0.39 is 0 Å². The Morgan fingerprint density at radius 1 is 1.33 bits per heavy atom. The second kappa shape index (κ2) is 8.15. The highest BCUT2D eigenvalue weighted by Gasteiger charge is 2.56. The fourth-order valence-corrected chi connectivity index (χ4v) is 5.04. The molecule has 2 aliphatic carbocycles. The summed E-state index contributed by atoms with van der Waals surface area (Å²) in [6.07, 6.45) is 9.02. The average Bonchev–Trinajstić information content (AvgIpc) is 3.10. The fraction of sp³-hybridized carbons (Fsp3) is 0.947. The van der Waals surface area contributed by atoms with Crippen molar-refractivity contribution in [3.8, 4) is 0 Å². The van der Waals surface area contributed by atoms with Gasteiger partial charge in [-0.1, -0.05) is 19.3 Å². The van der Waals surface area contributed by atoms with Crippen LogP contribution in [0, 0.1) is 11.3 Å². The first-order chi connectivity index (χ1) is 11.7. The van der Waals surface area contributed by atoms with E-state index in [0.29, 0.717) is 30.0 Å². The zero-order valence-electron chi connectivity index (χ0n) is 15.4. The molecule has 1 N–H and O–H groups in total. The van der Waals surface area contributed by atoms with E-state index in [1.54, 1.807) is 0 Å². The Kier molecular flexibility index (Phi) is 6.17. The number of nitrogens with zero attached hydrogens (tertiary/aromatic N) is 1. The average molecular weight is 338 g/mol. The van der Waals surface area contributed by atoms with Gasteiger partial charge >= 0.3 is 0 Å². The van der Waals surface area contributed by atoms with Crippen LogP contribution in [0.5, 0.6) is 0 Å². The monoisotopic (exact) mass is 338 g/mol. The molecule has 1 aliphatic heterocycles. The maximum atomic E-state index is 12.3. The molecule has 0 radical (unpaired) electrons. The first-order valence-electron chi connectivity index (χ1n) is 9.82. The van der Waals surface area contributed by atoms with E-state index in [1.165, 1.54) is 32.1 Å². The summed E-state index contributed by atoms with van der Waals surface area (Å²) in [5.74, 6) is 0.644. The van der Waals surface area contributed by atoms with Crippen LogP contribution in [-0.2, 0) is 14.3 Å². The molecule has 1 heterocycles. The molecule has 1 spiro atoms. The lowest BCUT2D eigenvalue weighted by Crippen LogP contribution is -2.65. The van der Waals surface area contributed by atoms with Gasteiger partial charge in [-0.3, -0.25) is 9.69 Å². The summed E-state index contributed by atoms with van der Waals surface area (Å²) in [7, 11) is 2.11. The summed E-state index contributed by atoms with van der Waals surface area (Å²) in [5, 5.41) is 3.09. The third-order valence-corrected chi connectivity index (χ3v) is 6.43. The molecule has 3 fully saturated rings. The minimum absolute atomic E-state index is 0.148. The summed E-state index contributed by atoms with van der Waals surface area (Å²) in [5.41, 5.74) is 0.294. The van der Waals surface area contributed by atoms with Crippen molar-refractivity contribution in [3.05, 3.63) is 0 Å². The molecule has 5 nitrogen and oxygen atoms in total. The molecule has 0 aromatic heterocycles. The van der Waals surface area contributed by atoms with Gasteiger partial charge in [0.25, 0.3) is 0 Å². The second-order valence-corrected chi connectivity index (χ2v) is 7.94. The lowest BCUT2D eigenvalue weighted by atomic mass is 9.54. The van der Waals surface area contributed by atoms with Gasteiger partial charge in [0, 0.05) is 37.1 Å². The number of carbonyl (C=O) groups is 1. The van der Waals surface area contributed by atoms with Gasteiger partial charge in [0.2, 0.25) is 5.91 Å². The predicted octanol–water partition coefficient (Wildman–Crippen LogP) is 2.20. The van der Waals surface area contributed by atoms with E-state index in [9.17, 15) is 4.79 Å². The molecule has 138 valence electrons. The minimum atomic E-state index is 0.148. The van der Waals surface area contributed by atoms with Crippen LogP contribution in [0.15, 0.2) is 0 Å². The van der Waals surface area contributed by atoms with Crippen LogP contribution in [0.1, 0.15) is 51.9 Å². The number of carbonyl (C=O) groups excluding carboxylic acids is 1. The highest BCUT2D eigenvalue weighted by molar-refractivity contribution is 5.78. The van der Waals surface area contributed by atoms with E-state index in [1.807, 2.05) is 0 Å². The van der Waals surface area contributed by atoms with Crippen molar-refractivity contribution < 1.29 is 14.3 Å². The summed E-state index contributed by atoms with van der Waals surface area (Å²) in [4.78, 5) is 14.6. The maximum Gasteiger partial charge on any atom is 0.234 e. The van der Waals surface area contributed by atoms with Gasteiger partial charge in [-0.2, -0.15) is 0 Å². The number of ether oxygens (including phenoxy) is 2. The number of likely N-dealkylation sites (N-methyl/N-ethyl adjacent to an activating group) is 1. The molecule has 0 bridgehead atoms. The van der Waals surface area contributed by atoms with Crippen molar-refractivity contribution in [2.45, 2.75) is 64.0 Å². The Morgan fingerprint density at radius 2 is 2.12 bits per heavy atom. The number of nitrogens with one attached hydrogen (secondary N) is 1. The quantitative estimate of drug-likeness (QED) is 0.773. The van der Waals surface area contributed by atoms with E-state index >= 15 is 0 Å². The maximum absolute atomic E-state index is 12.3. The van der Waals surface area contributed by atoms with E-state index in [-0.39, 0.29) is 5.91 Å².